The molecule has 1 aliphatic heterocycles. The Morgan fingerprint density at radius 3 is 2.61 bits per heavy atom. The van der Waals surface area contributed by atoms with Crippen molar-refractivity contribution in [1.82, 2.24) is 19.9 Å². The van der Waals surface area contributed by atoms with E-state index in [4.69, 9.17) is 21.1 Å². The summed E-state index contributed by atoms with van der Waals surface area (Å²) in [5.41, 5.74) is 0.731. The Balaban J connectivity index is 1.34. The van der Waals surface area contributed by atoms with Crippen molar-refractivity contribution in [2.45, 2.75) is 57.1 Å². The molecule has 5 rings (SSSR count). The number of piperidine rings is 1. The van der Waals surface area contributed by atoms with Crippen LogP contribution in [0.15, 0.2) is 71.9 Å². The number of hydrogen-bond acceptors (Lipinski definition) is 9. The maximum absolute atomic E-state index is 15.4. The molecule has 1 amide bonds. The molecule has 0 unspecified atom stereocenters. The molecule has 14 heteroatoms. The van der Waals surface area contributed by atoms with Gasteiger partial charge in [0.15, 0.2) is 11.6 Å². The molecule has 2 aromatic heterocycles. The van der Waals surface area contributed by atoms with Crippen molar-refractivity contribution >= 4 is 39.4 Å². The lowest BCUT2D eigenvalue weighted by molar-refractivity contribution is 0.0206. The lowest BCUT2D eigenvalue weighted by Crippen LogP contribution is -2.47. The van der Waals surface area contributed by atoms with Crippen LogP contribution in [0, 0.1) is 12.7 Å². The van der Waals surface area contributed by atoms with E-state index in [1.54, 1.807) is 47.5 Å². The summed E-state index contributed by atoms with van der Waals surface area (Å²) < 4.78 is 55.3. The van der Waals surface area contributed by atoms with Crippen molar-refractivity contribution in [3.8, 4) is 22.9 Å². The van der Waals surface area contributed by atoms with Gasteiger partial charge in [-0.3, -0.25) is 4.72 Å². The molecule has 4 aromatic rings. The maximum atomic E-state index is 15.4. The standard InChI is InChI=1S/C32H34ClFN6O5S/c1-20-17-22(46(42,43)39-27-12-6-5-11-24(27)33)18-25(34)28(20)44-29-23(10-7-14-35-29)26-13-15-36-30(38-26)37-21-9-8-16-40(19-21)31(41)45-32(2,3)4/h5-7,10-15,17-18,21,39H,8-9,16,19H2,1-4H3,(H,36,37,38)/t21-/m0/s1. The number of halogens is 2. The number of para-hydroxylation sites is 1. The molecule has 1 saturated heterocycles. The summed E-state index contributed by atoms with van der Waals surface area (Å²) in [7, 11) is -4.15. The molecule has 2 aromatic carbocycles. The van der Waals surface area contributed by atoms with Gasteiger partial charge < -0.3 is 19.7 Å². The van der Waals surface area contributed by atoms with Crippen molar-refractivity contribution in [2.24, 2.45) is 0 Å². The van der Waals surface area contributed by atoms with Gasteiger partial charge in [0, 0.05) is 31.5 Å². The average molecular weight is 669 g/mol. The summed E-state index contributed by atoms with van der Waals surface area (Å²) >= 11 is 6.10. The van der Waals surface area contributed by atoms with Gasteiger partial charge in [-0.15, -0.1) is 0 Å². The van der Waals surface area contributed by atoms with Gasteiger partial charge in [-0.25, -0.2) is 32.6 Å². The highest BCUT2D eigenvalue weighted by atomic mass is 35.5. The largest absolute Gasteiger partial charge is 0.444 e. The smallest absolute Gasteiger partial charge is 0.410 e. The minimum absolute atomic E-state index is 0.0627. The molecule has 1 fully saturated rings. The second-order valence-electron chi connectivity index (χ2n) is 11.8. The number of carbonyl (C=O) groups excluding carboxylic acids is 1. The van der Waals surface area contributed by atoms with E-state index in [0.29, 0.717) is 30.3 Å². The number of sulfonamides is 1. The zero-order chi connectivity index (χ0) is 33.1. The SMILES string of the molecule is Cc1cc(S(=O)(=O)Nc2ccccc2Cl)cc(F)c1Oc1ncccc1-c1ccnc(N[C@H]2CCCN(C(=O)OC(C)(C)C)C2)n1. The van der Waals surface area contributed by atoms with Crippen molar-refractivity contribution in [2.75, 3.05) is 23.1 Å². The number of ether oxygens (including phenoxy) is 2. The summed E-state index contributed by atoms with van der Waals surface area (Å²) in [6.07, 6.45) is 4.31. The fourth-order valence-corrected chi connectivity index (χ4v) is 6.26. The molecule has 11 nitrogen and oxygen atoms in total. The summed E-state index contributed by atoms with van der Waals surface area (Å²) in [6, 6.07) is 13.5. The normalized spacial score (nSPS) is 15.3. The minimum atomic E-state index is -4.15. The van der Waals surface area contributed by atoms with E-state index in [-0.39, 0.29) is 44.9 Å². The highest BCUT2D eigenvalue weighted by Gasteiger charge is 2.28. The Hall–Kier alpha value is -4.49. The second kappa shape index (κ2) is 13.5. The van der Waals surface area contributed by atoms with Crippen LogP contribution >= 0.6 is 11.6 Å². The van der Waals surface area contributed by atoms with Crippen LogP contribution in [-0.4, -0.2) is 59.1 Å². The molecule has 1 aliphatic rings. The summed E-state index contributed by atoms with van der Waals surface area (Å²) in [5.74, 6) is -0.680. The number of amides is 1. The fraction of sp³-hybridized carbons (Fsp3) is 0.312. The lowest BCUT2D eigenvalue weighted by Gasteiger charge is -2.34. The number of carbonyl (C=O) groups is 1. The Morgan fingerprint density at radius 2 is 1.87 bits per heavy atom. The zero-order valence-electron chi connectivity index (χ0n) is 25.8. The van der Waals surface area contributed by atoms with E-state index in [9.17, 15) is 13.2 Å². The summed E-state index contributed by atoms with van der Waals surface area (Å²) in [4.78, 5) is 27.3. The van der Waals surface area contributed by atoms with E-state index in [1.165, 1.54) is 25.3 Å². The van der Waals surface area contributed by atoms with Gasteiger partial charge in [-0.2, -0.15) is 0 Å². The molecule has 0 saturated carbocycles. The minimum Gasteiger partial charge on any atom is -0.444 e. The van der Waals surface area contributed by atoms with E-state index in [2.05, 4.69) is 25.0 Å². The fourth-order valence-electron chi connectivity index (χ4n) is 4.84. The quantitative estimate of drug-likeness (QED) is 0.203. The number of aryl methyl sites for hydroxylation is 1. The van der Waals surface area contributed by atoms with Gasteiger partial charge in [0.25, 0.3) is 10.0 Å². The van der Waals surface area contributed by atoms with Crippen LogP contribution in [-0.2, 0) is 14.8 Å². The lowest BCUT2D eigenvalue weighted by atomic mass is 10.1. The van der Waals surface area contributed by atoms with Gasteiger partial charge >= 0.3 is 6.09 Å². The van der Waals surface area contributed by atoms with Crippen LogP contribution < -0.4 is 14.8 Å². The van der Waals surface area contributed by atoms with Gasteiger partial charge in [-0.1, -0.05) is 23.7 Å². The molecule has 46 heavy (non-hydrogen) atoms. The molecular weight excluding hydrogens is 635 g/mol. The average Bonchev–Trinajstić information content (AvgIpc) is 2.99. The van der Waals surface area contributed by atoms with Gasteiger partial charge in [0.05, 0.1) is 26.9 Å². The number of anilines is 2. The van der Waals surface area contributed by atoms with Crippen LogP contribution in [0.2, 0.25) is 5.02 Å². The Bertz CT molecular complexity index is 1830. The predicted molar refractivity (Wildman–Crippen MR) is 173 cm³/mol. The first kappa shape index (κ1) is 32.9. The van der Waals surface area contributed by atoms with E-state index in [0.717, 1.165) is 18.9 Å². The van der Waals surface area contributed by atoms with E-state index >= 15 is 4.39 Å². The third-order valence-electron chi connectivity index (χ3n) is 6.94. The maximum Gasteiger partial charge on any atom is 0.410 e. The van der Waals surface area contributed by atoms with Crippen LogP contribution in [0.25, 0.3) is 11.3 Å². The van der Waals surface area contributed by atoms with Gasteiger partial charge in [0.2, 0.25) is 11.8 Å². The summed E-state index contributed by atoms with van der Waals surface area (Å²) in [6.45, 7) is 8.06. The number of aromatic nitrogens is 3. The Labute approximate surface area is 272 Å². The third kappa shape index (κ3) is 8.01. The molecule has 0 aliphatic carbocycles. The van der Waals surface area contributed by atoms with Gasteiger partial charge in [0.1, 0.15) is 5.60 Å². The number of likely N-dealkylation sites (tertiary alicyclic amines) is 1. The first-order chi connectivity index (χ1) is 21.8. The zero-order valence-corrected chi connectivity index (χ0v) is 27.3. The third-order valence-corrected chi connectivity index (χ3v) is 8.61. The van der Waals surface area contributed by atoms with E-state index in [1.807, 2.05) is 20.8 Å². The molecule has 1 atom stereocenters. The number of benzene rings is 2. The number of nitrogens with one attached hydrogen (secondary N) is 2. The predicted octanol–water partition coefficient (Wildman–Crippen LogP) is 7.04. The molecule has 0 spiro atoms. The second-order valence-corrected chi connectivity index (χ2v) is 13.9. The van der Waals surface area contributed by atoms with Crippen molar-refractivity contribution in [3.63, 3.8) is 0 Å². The molecule has 0 radical (unpaired) electrons. The molecule has 242 valence electrons. The molecule has 0 bridgehead atoms. The number of pyridine rings is 1. The number of rotatable bonds is 8. The first-order valence-corrected chi connectivity index (χ1v) is 16.4. The molecular formula is C32H34ClFN6O5S. The first-order valence-electron chi connectivity index (χ1n) is 14.6. The monoisotopic (exact) mass is 668 g/mol. The van der Waals surface area contributed by atoms with Crippen molar-refractivity contribution in [1.29, 1.82) is 0 Å². The molecule has 2 N–H and O–H groups in total. The summed E-state index contributed by atoms with van der Waals surface area (Å²) in [5, 5.41) is 3.51. The topological polar surface area (TPSA) is 136 Å². The number of hydrogen-bond donors (Lipinski definition) is 2. The van der Waals surface area contributed by atoms with E-state index < -0.39 is 21.4 Å². The number of nitrogens with zero attached hydrogens (tertiary/aromatic N) is 4. The van der Waals surface area contributed by atoms with Crippen LogP contribution in [0.3, 0.4) is 0 Å². The highest BCUT2D eigenvalue weighted by molar-refractivity contribution is 7.92. The van der Waals surface area contributed by atoms with Crippen molar-refractivity contribution < 1.29 is 27.1 Å². The van der Waals surface area contributed by atoms with Crippen molar-refractivity contribution in [3.05, 3.63) is 83.4 Å². The highest BCUT2D eigenvalue weighted by Crippen LogP contribution is 2.35. The Morgan fingerprint density at radius 1 is 1.09 bits per heavy atom. The van der Waals surface area contributed by atoms with Crippen LogP contribution in [0.5, 0.6) is 11.6 Å². The molecule has 3 heterocycles. The van der Waals surface area contributed by atoms with Crippen LogP contribution in [0.1, 0.15) is 39.2 Å². The van der Waals surface area contributed by atoms with Crippen LogP contribution in [0.4, 0.5) is 20.8 Å². The Kier molecular flexibility index (Phi) is 9.63. The van der Waals surface area contributed by atoms with Gasteiger partial charge in [-0.05, 0) is 88.6 Å².